The first-order valence-corrected chi connectivity index (χ1v) is 10.8. The van der Waals surface area contributed by atoms with Gasteiger partial charge in [-0.3, -0.25) is 9.59 Å². The van der Waals surface area contributed by atoms with E-state index in [1.165, 1.54) is 37.0 Å². The number of nitrogens with one attached hydrogen (secondary N) is 2. The Labute approximate surface area is 171 Å². The molecule has 0 radical (unpaired) electrons. The van der Waals surface area contributed by atoms with E-state index in [-0.39, 0.29) is 11.8 Å². The number of rotatable bonds is 11. The Morgan fingerprint density at radius 3 is 2.57 bits per heavy atom. The maximum Gasteiger partial charge on any atom is 0.265 e. The third-order valence-electron chi connectivity index (χ3n) is 4.39. The molecule has 1 aromatic carbocycles. The van der Waals surface area contributed by atoms with Crippen LogP contribution in [-0.4, -0.2) is 17.5 Å². The van der Waals surface area contributed by atoms with E-state index in [0.717, 1.165) is 18.4 Å². The van der Waals surface area contributed by atoms with Gasteiger partial charge in [-0.1, -0.05) is 57.2 Å². The molecule has 0 saturated carbocycles. The van der Waals surface area contributed by atoms with Crippen LogP contribution in [0.2, 0.25) is 0 Å². The molecule has 0 spiro atoms. The van der Waals surface area contributed by atoms with Crippen molar-refractivity contribution in [2.75, 3.05) is 5.32 Å². The molecule has 0 fully saturated rings. The molecule has 0 atom stereocenters. The predicted molar refractivity (Wildman–Crippen MR) is 117 cm³/mol. The molecule has 0 aliphatic carbocycles. The van der Waals surface area contributed by atoms with E-state index >= 15 is 0 Å². The summed E-state index contributed by atoms with van der Waals surface area (Å²) in [5.41, 5.74) is 4.88. The Hall–Kier alpha value is -2.47. The molecule has 5 nitrogen and oxygen atoms in total. The Balaban J connectivity index is 1.81. The molecule has 6 heteroatoms. The molecule has 1 aromatic heterocycles. The van der Waals surface area contributed by atoms with Crippen molar-refractivity contribution in [3.05, 3.63) is 52.2 Å². The molecule has 2 amide bonds. The first-order chi connectivity index (χ1) is 13.6. The fraction of sp³-hybridized carbons (Fsp3) is 0.409. The van der Waals surface area contributed by atoms with Gasteiger partial charge in [-0.25, -0.2) is 5.43 Å². The van der Waals surface area contributed by atoms with Crippen molar-refractivity contribution in [2.24, 2.45) is 5.10 Å². The number of hydrazone groups is 1. The van der Waals surface area contributed by atoms with Crippen molar-refractivity contribution >= 4 is 34.6 Å². The Kier molecular flexibility index (Phi) is 9.42. The number of amides is 2. The van der Waals surface area contributed by atoms with Crippen molar-refractivity contribution < 1.29 is 9.59 Å². The van der Waals surface area contributed by atoms with Crippen LogP contribution in [0.25, 0.3) is 0 Å². The van der Waals surface area contributed by atoms with Gasteiger partial charge in [0.2, 0.25) is 5.91 Å². The number of carbonyl (C=O) groups excluding carboxylic acids is 2. The fourth-order valence-corrected chi connectivity index (χ4v) is 3.37. The average Bonchev–Trinajstić information content (AvgIpc) is 3.24. The number of hydrogen-bond acceptors (Lipinski definition) is 4. The van der Waals surface area contributed by atoms with Gasteiger partial charge in [-0.15, -0.1) is 11.3 Å². The second-order valence-corrected chi connectivity index (χ2v) is 7.71. The number of hydrogen-bond donors (Lipinski definition) is 2. The maximum absolute atomic E-state index is 12.2. The summed E-state index contributed by atoms with van der Waals surface area (Å²) in [6.45, 7) is 4.03. The summed E-state index contributed by atoms with van der Waals surface area (Å²) >= 11 is 1.40. The molecule has 28 heavy (non-hydrogen) atoms. The fourth-order valence-electron chi connectivity index (χ4n) is 2.75. The molecule has 0 saturated heterocycles. The summed E-state index contributed by atoms with van der Waals surface area (Å²) in [5.74, 6) is -0.189. The van der Waals surface area contributed by atoms with Crippen molar-refractivity contribution in [1.82, 2.24) is 5.43 Å². The van der Waals surface area contributed by atoms with Crippen molar-refractivity contribution in [3.63, 3.8) is 0 Å². The molecule has 0 unspecified atom stereocenters. The zero-order valence-electron chi connectivity index (χ0n) is 16.7. The zero-order chi connectivity index (χ0) is 20.2. The predicted octanol–water partition coefficient (Wildman–Crippen LogP) is 5.59. The van der Waals surface area contributed by atoms with Crippen molar-refractivity contribution in [2.45, 2.75) is 58.8 Å². The Morgan fingerprint density at radius 1 is 1.04 bits per heavy atom. The van der Waals surface area contributed by atoms with Crippen LogP contribution in [0.5, 0.6) is 0 Å². The van der Waals surface area contributed by atoms with Crippen LogP contribution in [0.15, 0.2) is 46.9 Å². The van der Waals surface area contributed by atoms with Crippen LogP contribution in [0.3, 0.4) is 0 Å². The lowest BCUT2D eigenvalue weighted by molar-refractivity contribution is -0.121. The molecule has 2 rings (SSSR count). The number of thiophene rings is 1. The molecule has 0 bridgehead atoms. The largest absolute Gasteiger partial charge is 0.321 e. The first kappa shape index (κ1) is 21.8. The molecular weight excluding hydrogens is 370 g/mol. The van der Waals surface area contributed by atoms with Crippen LogP contribution < -0.4 is 10.7 Å². The number of benzene rings is 1. The molecule has 2 aromatic rings. The number of nitrogens with zero attached hydrogens (tertiary/aromatic N) is 1. The molecule has 0 aliphatic rings. The van der Waals surface area contributed by atoms with Crippen molar-refractivity contribution in [1.29, 1.82) is 0 Å². The summed E-state index contributed by atoms with van der Waals surface area (Å²) < 4.78 is 0. The first-order valence-electron chi connectivity index (χ1n) is 9.88. The van der Waals surface area contributed by atoms with Crippen molar-refractivity contribution in [3.8, 4) is 0 Å². The quantitative estimate of drug-likeness (QED) is 0.294. The standard InChI is InChI=1S/C22H29N3O2S/c1-3-4-5-6-7-8-14-21(26)25-24-17(2)18-11-9-12-19(16-18)23-22(27)20-13-10-15-28-20/h9-13,15-16H,3-8,14H2,1-2H3,(H,23,27)(H,25,26)/b24-17+. The van der Waals surface area contributed by atoms with Crippen LogP contribution in [0, 0.1) is 0 Å². The maximum atomic E-state index is 12.2. The van der Waals surface area contributed by atoms with E-state index in [0.29, 0.717) is 22.7 Å². The van der Waals surface area contributed by atoms with E-state index in [1.54, 1.807) is 6.07 Å². The number of anilines is 1. The van der Waals surface area contributed by atoms with E-state index in [2.05, 4.69) is 22.8 Å². The molecule has 1 heterocycles. The summed E-state index contributed by atoms with van der Waals surface area (Å²) in [6.07, 6.45) is 7.41. The van der Waals surface area contributed by atoms with Gasteiger partial charge in [-0.2, -0.15) is 5.10 Å². The van der Waals surface area contributed by atoms with Gasteiger partial charge in [0.1, 0.15) is 0 Å². The lowest BCUT2D eigenvalue weighted by atomic mass is 10.1. The summed E-state index contributed by atoms with van der Waals surface area (Å²) in [6, 6.07) is 11.1. The van der Waals surface area contributed by atoms with E-state index in [9.17, 15) is 9.59 Å². The highest BCUT2D eigenvalue weighted by Gasteiger charge is 2.08. The molecule has 150 valence electrons. The van der Waals surface area contributed by atoms with Gasteiger partial charge in [-0.05, 0) is 42.5 Å². The van der Waals surface area contributed by atoms with Crippen LogP contribution in [-0.2, 0) is 4.79 Å². The second-order valence-electron chi connectivity index (χ2n) is 6.76. The SMILES string of the molecule is CCCCCCCCC(=O)N/N=C(\C)c1cccc(NC(=O)c2cccs2)c1. The normalized spacial score (nSPS) is 11.3. The third-order valence-corrected chi connectivity index (χ3v) is 5.26. The topological polar surface area (TPSA) is 70.6 Å². The summed E-state index contributed by atoms with van der Waals surface area (Å²) in [7, 11) is 0. The smallest absolute Gasteiger partial charge is 0.265 e. The lowest BCUT2D eigenvalue weighted by Crippen LogP contribution is -2.19. The van der Waals surface area contributed by atoms with E-state index in [1.807, 2.05) is 42.6 Å². The van der Waals surface area contributed by atoms with Crippen LogP contribution >= 0.6 is 11.3 Å². The monoisotopic (exact) mass is 399 g/mol. The average molecular weight is 400 g/mol. The lowest BCUT2D eigenvalue weighted by Gasteiger charge is -2.07. The minimum atomic E-state index is -0.131. The van der Waals surface area contributed by atoms with Crippen LogP contribution in [0.4, 0.5) is 5.69 Å². The van der Waals surface area contributed by atoms with Crippen LogP contribution in [0.1, 0.15) is 74.0 Å². The van der Waals surface area contributed by atoms with Gasteiger partial charge in [0.25, 0.3) is 5.91 Å². The van der Waals surface area contributed by atoms with E-state index in [4.69, 9.17) is 0 Å². The molecule has 2 N–H and O–H groups in total. The highest BCUT2D eigenvalue weighted by atomic mass is 32.1. The van der Waals surface area contributed by atoms with Gasteiger partial charge in [0.05, 0.1) is 10.6 Å². The molecular formula is C22H29N3O2S. The third kappa shape index (κ3) is 7.64. The number of carbonyl (C=O) groups is 2. The van der Waals surface area contributed by atoms with Gasteiger partial charge in [0, 0.05) is 12.1 Å². The zero-order valence-corrected chi connectivity index (χ0v) is 17.5. The Bertz CT molecular complexity index is 785. The summed E-state index contributed by atoms with van der Waals surface area (Å²) in [4.78, 5) is 24.8. The van der Waals surface area contributed by atoms with Gasteiger partial charge < -0.3 is 5.32 Å². The van der Waals surface area contributed by atoms with E-state index < -0.39 is 0 Å². The Morgan fingerprint density at radius 2 is 1.82 bits per heavy atom. The van der Waals surface area contributed by atoms with Gasteiger partial charge >= 0.3 is 0 Å². The number of unbranched alkanes of at least 4 members (excludes halogenated alkanes) is 5. The minimum absolute atomic E-state index is 0.0583. The van der Waals surface area contributed by atoms with Gasteiger partial charge in [0.15, 0.2) is 0 Å². The molecule has 0 aliphatic heterocycles. The summed E-state index contributed by atoms with van der Waals surface area (Å²) in [5, 5.41) is 8.95. The highest BCUT2D eigenvalue weighted by Crippen LogP contribution is 2.15. The highest BCUT2D eigenvalue weighted by molar-refractivity contribution is 7.12. The minimum Gasteiger partial charge on any atom is -0.321 e. The second kappa shape index (κ2) is 12.1.